The van der Waals surface area contributed by atoms with Crippen molar-refractivity contribution in [2.45, 2.75) is 78.3 Å². The molecule has 1 rings (SSSR count). The summed E-state index contributed by atoms with van der Waals surface area (Å²) in [6.07, 6.45) is 8.28. The number of nitrogens with one attached hydrogen (secondary N) is 1. The Labute approximate surface area is 115 Å². The van der Waals surface area contributed by atoms with E-state index in [0.717, 1.165) is 18.0 Å². The SMILES string of the molecule is CCCCCCC(C)N1CCNC(CC(C)C)C1. The van der Waals surface area contributed by atoms with Gasteiger partial charge in [-0.05, 0) is 25.7 Å². The van der Waals surface area contributed by atoms with E-state index in [-0.39, 0.29) is 0 Å². The molecule has 0 amide bonds. The van der Waals surface area contributed by atoms with Crippen LogP contribution in [0.5, 0.6) is 0 Å². The van der Waals surface area contributed by atoms with Crippen LogP contribution in [0, 0.1) is 5.92 Å². The smallest absolute Gasteiger partial charge is 0.0198 e. The molecule has 2 nitrogen and oxygen atoms in total. The fraction of sp³-hybridized carbons (Fsp3) is 1.00. The van der Waals surface area contributed by atoms with Crippen molar-refractivity contribution in [3.63, 3.8) is 0 Å². The molecule has 1 saturated heterocycles. The van der Waals surface area contributed by atoms with E-state index >= 15 is 0 Å². The number of hydrogen-bond donors (Lipinski definition) is 1. The second kappa shape index (κ2) is 8.92. The molecule has 0 aromatic carbocycles. The molecular weight excluding hydrogens is 220 g/mol. The van der Waals surface area contributed by atoms with Gasteiger partial charge in [-0.2, -0.15) is 0 Å². The molecule has 2 unspecified atom stereocenters. The molecule has 2 atom stereocenters. The topological polar surface area (TPSA) is 15.3 Å². The molecule has 1 aliphatic rings. The van der Waals surface area contributed by atoms with E-state index in [2.05, 4.69) is 37.9 Å². The number of piperazine rings is 1. The van der Waals surface area contributed by atoms with Crippen LogP contribution in [0.2, 0.25) is 0 Å². The van der Waals surface area contributed by atoms with Crippen LogP contribution in [0.1, 0.15) is 66.2 Å². The summed E-state index contributed by atoms with van der Waals surface area (Å²) in [5.41, 5.74) is 0. The molecule has 0 spiro atoms. The average molecular weight is 254 g/mol. The molecule has 0 bridgehead atoms. The number of hydrogen-bond acceptors (Lipinski definition) is 2. The molecule has 0 aromatic heterocycles. The summed E-state index contributed by atoms with van der Waals surface area (Å²) < 4.78 is 0. The average Bonchev–Trinajstić information content (AvgIpc) is 2.34. The van der Waals surface area contributed by atoms with Crippen molar-refractivity contribution in [2.75, 3.05) is 19.6 Å². The molecule has 0 saturated carbocycles. The first kappa shape index (κ1) is 16.0. The largest absolute Gasteiger partial charge is 0.311 e. The fourth-order valence-electron chi connectivity index (χ4n) is 3.03. The van der Waals surface area contributed by atoms with Gasteiger partial charge in [-0.1, -0.05) is 46.5 Å². The third kappa shape index (κ3) is 6.19. The van der Waals surface area contributed by atoms with E-state index in [9.17, 15) is 0 Å². The normalized spacial score (nSPS) is 23.5. The monoisotopic (exact) mass is 254 g/mol. The summed E-state index contributed by atoms with van der Waals surface area (Å²) in [6.45, 7) is 13.0. The van der Waals surface area contributed by atoms with Crippen molar-refractivity contribution < 1.29 is 0 Å². The van der Waals surface area contributed by atoms with E-state index in [1.165, 1.54) is 58.2 Å². The van der Waals surface area contributed by atoms with E-state index in [0.29, 0.717) is 0 Å². The van der Waals surface area contributed by atoms with Crippen LogP contribution in [-0.2, 0) is 0 Å². The van der Waals surface area contributed by atoms with Crippen LogP contribution in [0.4, 0.5) is 0 Å². The number of unbranched alkanes of at least 4 members (excludes halogenated alkanes) is 3. The summed E-state index contributed by atoms with van der Waals surface area (Å²) >= 11 is 0. The van der Waals surface area contributed by atoms with Gasteiger partial charge in [0.05, 0.1) is 0 Å². The second-order valence-electron chi connectivity index (χ2n) is 6.47. The van der Waals surface area contributed by atoms with Crippen LogP contribution >= 0.6 is 0 Å². The highest BCUT2D eigenvalue weighted by Gasteiger charge is 2.23. The van der Waals surface area contributed by atoms with Crippen molar-refractivity contribution in [1.82, 2.24) is 10.2 Å². The Morgan fingerprint density at radius 3 is 2.61 bits per heavy atom. The third-order valence-electron chi connectivity index (χ3n) is 4.14. The highest BCUT2D eigenvalue weighted by atomic mass is 15.2. The van der Waals surface area contributed by atoms with Crippen molar-refractivity contribution in [3.8, 4) is 0 Å². The molecular formula is C16H34N2. The van der Waals surface area contributed by atoms with Gasteiger partial charge in [0, 0.05) is 31.7 Å². The minimum atomic E-state index is 0.719. The lowest BCUT2D eigenvalue weighted by Gasteiger charge is -2.38. The Morgan fingerprint density at radius 1 is 1.17 bits per heavy atom. The zero-order valence-corrected chi connectivity index (χ0v) is 13.0. The highest BCUT2D eigenvalue weighted by Crippen LogP contribution is 2.15. The van der Waals surface area contributed by atoms with E-state index < -0.39 is 0 Å². The molecule has 18 heavy (non-hydrogen) atoms. The lowest BCUT2D eigenvalue weighted by atomic mass is 10.00. The van der Waals surface area contributed by atoms with E-state index in [1.807, 2.05) is 0 Å². The quantitative estimate of drug-likeness (QED) is 0.665. The van der Waals surface area contributed by atoms with Crippen LogP contribution < -0.4 is 5.32 Å². The van der Waals surface area contributed by atoms with Gasteiger partial charge in [-0.15, -0.1) is 0 Å². The van der Waals surface area contributed by atoms with Gasteiger partial charge < -0.3 is 5.32 Å². The van der Waals surface area contributed by atoms with Crippen LogP contribution in [0.3, 0.4) is 0 Å². The van der Waals surface area contributed by atoms with Crippen LogP contribution in [0.25, 0.3) is 0 Å². The van der Waals surface area contributed by atoms with Crippen LogP contribution in [0.15, 0.2) is 0 Å². The van der Waals surface area contributed by atoms with Crippen molar-refractivity contribution in [1.29, 1.82) is 0 Å². The van der Waals surface area contributed by atoms with E-state index in [4.69, 9.17) is 0 Å². The minimum Gasteiger partial charge on any atom is -0.311 e. The molecule has 1 aliphatic heterocycles. The fourth-order valence-corrected chi connectivity index (χ4v) is 3.03. The molecule has 0 aromatic rings. The van der Waals surface area contributed by atoms with Gasteiger partial charge in [0.25, 0.3) is 0 Å². The second-order valence-corrected chi connectivity index (χ2v) is 6.47. The van der Waals surface area contributed by atoms with Crippen molar-refractivity contribution >= 4 is 0 Å². The Kier molecular flexibility index (Phi) is 7.92. The Balaban J connectivity index is 2.22. The summed E-state index contributed by atoms with van der Waals surface area (Å²) in [6, 6.07) is 1.50. The summed E-state index contributed by atoms with van der Waals surface area (Å²) in [4.78, 5) is 2.70. The predicted molar refractivity (Wildman–Crippen MR) is 81.0 cm³/mol. The summed E-state index contributed by atoms with van der Waals surface area (Å²) in [7, 11) is 0. The van der Waals surface area contributed by atoms with Gasteiger partial charge in [0.2, 0.25) is 0 Å². The Hall–Kier alpha value is -0.0800. The number of rotatable bonds is 8. The van der Waals surface area contributed by atoms with Gasteiger partial charge in [0.15, 0.2) is 0 Å². The van der Waals surface area contributed by atoms with Gasteiger partial charge in [-0.25, -0.2) is 0 Å². The van der Waals surface area contributed by atoms with Crippen molar-refractivity contribution in [2.24, 2.45) is 5.92 Å². The third-order valence-corrected chi connectivity index (χ3v) is 4.14. The molecule has 1 heterocycles. The Morgan fingerprint density at radius 2 is 1.94 bits per heavy atom. The maximum absolute atomic E-state index is 3.67. The highest BCUT2D eigenvalue weighted by molar-refractivity contribution is 4.82. The standard InChI is InChI=1S/C16H34N2/c1-5-6-7-8-9-15(4)18-11-10-17-16(13-18)12-14(2)3/h14-17H,5-13H2,1-4H3. The summed E-state index contributed by atoms with van der Waals surface area (Å²) in [5, 5.41) is 3.67. The number of nitrogens with zero attached hydrogens (tertiary/aromatic N) is 1. The molecule has 0 radical (unpaired) electrons. The lowest BCUT2D eigenvalue weighted by Crippen LogP contribution is -2.53. The molecule has 1 fully saturated rings. The predicted octanol–water partition coefficient (Wildman–Crippen LogP) is 3.67. The zero-order chi connectivity index (χ0) is 13.4. The van der Waals surface area contributed by atoms with Gasteiger partial charge >= 0.3 is 0 Å². The molecule has 108 valence electrons. The minimum absolute atomic E-state index is 0.719. The maximum atomic E-state index is 3.67. The first-order chi connectivity index (χ1) is 8.63. The maximum Gasteiger partial charge on any atom is 0.0198 e. The van der Waals surface area contributed by atoms with Crippen LogP contribution in [-0.4, -0.2) is 36.6 Å². The van der Waals surface area contributed by atoms with Crippen molar-refractivity contribution in [3.05, 3.63) is 0 Å². The lowest BCUT2D eigenvalue weighted by molar-refractivity contribution is 0.136. The molecule has 0 aliphatic carbocycles. The van der Waals surface area contributed by atoms with E-state index in [1.54, 1.807) is 0 Å². The first-order valence-electron chi connectivity index (χ1n) is 8.11. The van der Waals surface area contributed by atoms with Gasteiger partial charge in [0.1, 0.15) is 0 Å². The zero-order valence-electron chi connectivity index (χ0n) is 13.0. The molecule has 2 heteroatoms. The van der Waals surface area contributed by atoms with Gasteiger partial charge in [-0.3, -0.25) is 4.90 Å². The Bertz CT molecular complexity index is 203. The molecule has 1 N–H and O–H groups in total. The first-order valence-corrected chi connectivity index (χ1v) is 8.11. The summed E-state index contributed by atoms with van der Waals surface area (Å²) in [5.74, 6) is 0.808.